The number of aromatic nitrogens is 7. The van der Waals surface area contributed by atoms with Gasteiger partial charge in [-0.25, -0.2) is 15.0 Å². The predicted molar refractivity (Wildman–Crippen MR) is 150 cm³/mol. The van der Waals surface area contributed by atoms with Crippen LogP contribution in [0.2, 0.25) is 0 Å². The van der Waals surface area contributed by atoms with Gasteiger partial charge < -0.3 is 15.0 Å². The molecule has 194 valence electrons. The van der Waals surface area contributed by atoms with Crippen molar-refractivity contribution in [2.75, 3.05) is 12.4 Å². The molecule has 0 fully saturated rings. The Morgan fingerprint density at radius 2 is 1.95 bits per heavy atom. The number of rotatable bonds is 7. The summed E-state index contributed by atoms with van der Waals surface area (Å²) in [5, 5.41) is 10.5. The van der Waals surface area contributed by atoms with E-state index in [1.165, 1.54) is 0 Å². The maximum absolute atomic E-state index is 12.2. The van der Waals surface area contributed by atoms with Gasteiger partial charge in [-0.3, -0.25) is 14.9 Å². The highest BCUT2D eigenvalue weighted by Gasteiger charge is 2.18. The van der Waals surface area contributed by atoms with Crippen LogP contribution in [0.1, 0.15) is 20.3 Å². The molecule has 0 saturated heterocycles. The zero-order valence-electron chi connectivity index (χ0n) is 21.7. The van der Waals surface area contributed by atoms with Crippen LogP contribution < -0.4 is 10.1 Å². The van der Waals surface area contributed by atoms with E-state index in [-0.39, 0.29) is 11.8 Å². The molecule has 5 heterocycles. The number of methoxy groups -OCH3 is 1. The Bertz CT molecular complexity index is 1820. The Kier molecular flexibility index (Phi) is 6.20. The monoisotopic (exact) mass is 518 g/mol. The van der Waals surface area contributed by atoms with Gasteiger partial charge in [-0.15, -0.1) is 0 Å². The molecule has 6 aromatic rings. The topological polar surface area (TPSA) is 134 Å². The molecule has 10 nitrogen and oxygen atoms in total. The van der Waals surface area contributed by atoms with E-state index in [4.69, 9.17) is 14.7 Å². The molecule has 0 aliphatic carbocycles. The molecule has 0 spiro atoms. The number of hydrogen-bond donors (Lipinski definition) is 3. The molecule has 0 radical (unpaired) electrons. The van der Waals surface area contributed by atoms with Gasteiger partial charge in [0.15, 0.2) is 17.2 Å². The van der Waals surface area contributed by atoms with E-state index in [0.29, 0.717) is 40.5 Å². The van der Waals surface area contributed by atoms with Gasteiger partial charge in [-0.2, -0.15) is 5.10 Å². The molecule has 1 amide bonds. The first kappa shape index (κ1) is 24.2. The van der Waals surface area contributed by atoms with E-state index < -0.39 is 0 Å². The molecule has 6 rings (SSSR count). The second-order valence-corrected chi connectivity index (χ2v) is 9.65. The van der Waals surface area contributed by atoms with Gasteiger partial charge in [-0.05, 0) is 47.9 Å². The molecule has 5 aromatic heterocycles. The van der Waals surface area contributed by atoms with Gasteiger partial charge in [0.1, 0.15) is 11.3 Å². The fourth-order valence-electron chi connectivity index (χ4n) is 4.51. The van der Waals surface area contributed by atoms with Crippen molar-refractivity contribution in [2.24, 2.45) is 5.92 Å². The van der Waals surface area contributed by atoms with Gasteiger partial charge in [0.2, 0.25) is 5.91 Å². The van der Waals surface area contributed by atoms with Crippen molar-refractivity contribution in [2.45, 2.75) is 20.3 Å². The van der Waals surface area contributed by atoms with E-state index in [2.05, 4.69) is 30.5 Å². The lowest BCUT2D eigenvalue weighted by atomic mass is 10.1. The summed E-state index contributed by atoms with van der Waals surface area (Å²) < 4.78 is 5.40. The third-order valence-electron chi connectivity index (χ3n) is 6.32. The van der Waals surface area contributed by atoms with Crippen molar-refractivity contribution in [3.05, 3.63) is 67.1 Å². The minimum atomic E-state index is -0.0451. The lowest BCUT2D eigenvalue weighted by molar-refractivity contribution is -0.116. The second-order valence-electron chi connectivity index (χ2n) is 9.65. The number of nitrogens with zero attached hydrogens (tertiary/aromatic N) is 5. The predicted octanol–water partition coefficient (Wildman–Crippen LogP) is 5.62. The Morgan fingerprint density at radius 1 is 1.05 bits per heavy atom. The van der Waals surface area contributed by atoms with E-state index in [1.807, 2.05) is 62.4 Å². The number of nitrogens with one attached hydrogen (secondary N) is 3. The zero-order chi connectivity index (χ0) is 26.9. The van der Waals surface area contributed by atoms with Gasteiger partial charge in [-0.1, -0.05) is 26.0 Å². The number of H-pyrrole nitrogens is 2. The van der Waals surface area contributed by atoms with Gasteiger partial charge in [0, 0.05) is 29.9 Å². The van der Waals surface area contributed by atoms with Crippen LogP contribution in [-0.4, -0.2) is 48.1 Å². The highest BCUT2D eigenvalue weighted by Crippen LogP contribution is 2.32. The number of hydrogen-bond acceptors (Lipinski definition) is 7. The van der Waals surface area contributed by atoms with Crippen molar-refractivity contribution in [1.82, 2.24) is 35.1 Å². The van der Waals surface area contributed by atoms with Crippen LogP contribution >= 0.6 is 0 Å². The Labute approximate surface area is 223 Å². The molecule has 0 bridgehead atoms. The summed E-state index contributed by atoms with van der Waals surface area (Å²) >= 11 is 0. The maximum Gasteiger partial charge on any atom is 0.224 e. The van der Waals surface area contributed by atoms with Crippen molar-refractivity contribution in [1.29, 1.82) is 0 Å². The average molecular weight is 519 g/mol. The van der Waals surface area contributed by atoms with Crippen LogP contribution in [0, 0.1) is 5.92 Å². The summed E-state index contributed by atoms with van der Waals surface area (Å²) in [4.78, 5) is 34.0. The molecule has 0 aliphatic rings. The SMILES string of the molecule is COc1cccc(-c2ccnc3nc(-c4n[nH]c5ccc(-c6cncc(NC(=O)CC(C)C)c6)nc45)[nH]c23)c1. The van der Waals surface area contributed by atoms with Gasteiger partial charge in [0.25, 0.3) is 0 Å². The first-order valence-electron chi connectivity index (χ1n) is 12.6. The number of fused-ring (bicyclic) bond motifs is 2. The minimum absolute atomic E-state index is 0.0451. The summed E-state index contributed by atoms with van der Waals surface area (Å²) in [5.74, 6) is 1.54. The molecule has 1 aromatic carbocycles. The third kappa shape index (κ3) is 4.79. The van der Waals surface area contributed by atoms with Crippen LogP contribution in [0.3, 0.4) is 0 Å². The first-order valence-corrected chi connectivity index (χ1v) is 12.6. The number of anilines is 1. The van der Waals surface area contributed by atoms with Gasteiger partial charge in [0.05, 0.1) is 35.7 Å². The van der Waals surface area contributed by atoms with E-state index in [9.17, 15) is 4.79 Å². The minimum Gasteiger partial charge on any atom is -0.497 e. The van der Waals surface area contributed by atoms with Crippen molar-refractivity contribution >= 4 is 33.8 Å². The fourth-order valence-corrected chi connectivity index (χ4v) is 4.51. The Hall–Kier alpha value is -5.12. The largest absolute Gasteiger partial charge is 0.497 e. The third-order valence-corrected chi connectivity index (χ3v) is 6.32. The van der Waals surface area contributed by atoms with E-state index in [1.54, 1.807) is 25.7 Å². The molecule has 0 aliphatic heterocycles. The highest BCUT2D eigenvalue weighted by molar-refractivity contribution is 5.95. The molecule has 39 heavy (non-hydrogen) atoms. The number of benzene rings is 1. The lowest BCUT2D eigenvalue weighted by Crippen LogP contribution is -2.14. The van der Waals surface area contributed by atoms with E-state index >= 15 is 0 Å². The average Bonchev–Trinajstić information content (AvgIpc) is 3.56. The van der Waals surface area contributed by atoms with Crippen LogP contribution in [-0.2, 0) is 4.79 Å². The first-order chi connectivity index (χ1) is 19.0. The molecule has 0 unspecified atom stereocenters. The van der Waals surface area contributed by atoms with Gasteiger partial charge >= 0.3 is 0 Å². The van der Waals surface area contributed by atoms with Crippen molar-refractivity contribution in [3.63, 3.8) is 0 Å². The number of aromatic amines is 2. The Morgan fingerprint density at radius 3 is 2.79 bits per heavy atom. The molecular formula is C29H26N8O2. The zero-order valence-corrected chi connectivity index (χ0v) is 21.7. The number of amides is 1. The summed E-state index contributed by atoms with van der Waals surface area (Å²) in [5.41, 5.74) is 7.41. The quantitative estimate of drug-likeness (QED) is 0.250. The summed E-state index contributed by atoms with van der Waals surface area (Å²) in [6.07, 6.45) is 5.53. The van der Waals surface area contributed by atoms with Crippen LogP contribution in [0.25, 0.3) is 56.1 Å². The number of carbonyl (C=O) groups excluding carboxylic acids is 1. The maximum atomic E-state index is 12.2. The lowest BCUT2D eigenvalue weighted by Gasteiger charge is -2.08. The van der Waals surface area contributed by atoms with Crippen molar-refractivity contribution < 1.29 is 9.53 Å². The van der Waals surface area contributed by atoms with Crippen LogP contribution in [0.5, 0.6) is 5.75 Å². The summed E-state index contributed by atoms with van der Waals surface area (Å²) in [6.45, 7) is 4.02. The smallest absolute Gasteiger partial charge is 0.224 e. The Balaban J connectivity index is 1.38. The summed E-state index contributed by atoms with van der Waals surface area (Å²) in [7, 11) is 1.65. The fraction of sp³-hybridized carbons (Fsp3) is 0.172. The molecule has 0 saturated carbocycles. The number of pyridine rings is 3. The number of ether oxygens (including phenoxy) is 1. The number of imidazole rings is 1. The molecule has 3 N–H and O–H groups in total. The summed E-state index contributed by atoms with van der Waals surface area (Å²) in [6, 6.07) is 15.5. The van der Waals surface area contributed by atoms with Crippen LogP contribution in [0.4, 0.5) is 5.69 Å². The molecular weight excluding hydrogens is 492 g/mol. The number of carbonyl (C=O) groups is 1. The second kappa shape index (κ2) is 9.97. The normalized spacial score (nSPS) is 11.4. The standard InChI is InChI=1S/C29H26N8O2/c1-16(2)11-24(38)32-19-12-18(14-30-15-19)22-7-8-23-26(33-22)27(37-36-23)29-34-25-21(9-10-31-28(25)35-29)17-5-4-6-20(13-17)39-3/h4-10,12-16H,11H2,1-3H3,(H,32,38)(H,36,37)(H,31,34,35). The molecule has 0 atom stereocenters. The highest BCUT2D eigenvalue weighted by atomic mass is 16.5. The van der Waals surface area contributed by atoms with Crippen LogP contribution in [0.15, 0.2) is 67.1 Å². The molecule has 10 heteroatoms. The van der Waals surface area contributed by atoms with Crippen molar-refractivity contribution in [3.8, 4) is 39.7 Å². The van der Waals surface area contributed by atoms with E-state index in [0.717, 1.165) is 33.5 Å².